The highest BCUT2D eigenvalue weighted by Gasteiger charge is 1.84. The molecule has 66 valence electrons. The Morgan fingerprint density at radius 2 is 1.10 bits per heavy atom. The largest absolute Gasteiger partial charge is 0.394 e. The third kappa shape index (κ3) is 628. The van der Waals surface area contributed by atoms with E-state index >= 15 is 0 Å². The molecule has 0 unspecified atom stereocenters. The fourth-order valence-corrected chi connectivity index (χ4v) is 0. The molecule has 0 aromatic rings. The lowest BCUT2D eigenvalue weighted by Gasteiger charge is -1.70. The number of hydrogen-bond acceptors (Lipinski definition) is 5. The molecule has 0 bridgehead atoms. The van der Waals surface area contributed by atoms with Gasteiger partial charge in [0.15, 0.2) is 0 Å². The van der Waals surface area contributed by atoms with Gasteiger partial charge in [0.25, 0.3) is 0 Å². The van der Waals surface area contributed by atoms with E-state index in [9.17, 15) is 0 Å². The van der Waals surface area contributed by atoms with Crippen molar-refractivity contribution in [1.82, 2.24) is 6.15 Å². The van der Waals surface area contributed by atoms with E-state index < -0.39 is 10.4 Å². The van der Waals surface area contributed by atoms with Gasteiger partial charge in [0.05, 0.1) is 13.2 Å². The highest BCUT2D eigenvalue weighted by molar-refractivity contribution is 7.79. The Balaban J connectivity index is -0.0000000910. The minimum atomic E-state index is -4.67. The predicted molar refractivity (Wildman–Crippen MR) is 33.4 cm³/mol. The van der Waals surface area contributed by atoms with E-state index in [1.807, 2.05) is 0 Å². The lowest BCUT2D eigenvalue weighted by molar-refractivity contribution is 0.186. The first kappa shape index (κ1) is 16.4. The van der Waals surface area contributed by atoms with E-state index in [2.05, 4.69) is 0 Å². The van der Waals surface area contributed by atoms with E-state index in [1.54, 1.807) is 0 Å². The quantitative estimate of drug-likeness (QED) is 0.305. The third-order valence-electron chi connectivity index (χ3n) is 0.1000. The number of aliphatic hydroxyl groups is 2. The molecule has 10 heavy (non-hydrogen) atoms. The molecule has 0 amide bonds. The monoisotopic (exact) mass is 177 g/mol. The van der Waals surface area contributed by atoms with Crippen molar-refractivity contribution in [3.63, 3.8) is 0 Å². The average Bonchev–Trinajstić information content (AvgIpc) is 1.61. The SMILES string of the molecule is N.O=S(=O)(O)O.OCCO. The molecule has 0 aliphatic heterocycles. The van der Waals surface area contributed by atoms with Crippen LogP contribution in [0.15, 0.2) is 0 Å². The van der Waals surface area contributed by atoms with Crippen LogP contribution in [0.2, 0.25) is 0 Å². The Morgan fingerprint density at radius 1 is 1.00 bits per heavy atom. The second kappa shape index (κ2) is 8.75. The Bertz CT molecular complexity index is 119. The maximum absolute atomic E-state index is 8.74. The summed E-state index contributed by atoms with van der Waals surface area (Å²) < 4.78 is 31.6. The van der Waals surface area contributed by atoms with Gasteiger partial charge in [0.1, 0.15) is 0 Å². The smallest absolute Gasteiger partial charge is 0.394 e. The topological polar surface area (TPSA) is 150 Å². The van der Waals surface area contributed by atoms with Crippen LogP contribution in [0.25, 0.3) is 0 Å². The van der Waals surface area contributed by atoms with Crippen LogP contribution in [-0.4, -0.2) is 41.0 Å². The van der Waals surface area contributed by atoms with Gasteiger partial charge in [-0.05, 0) is 0 Å². The molecular weight excluding hydrogens is 166 g/mol. The molecule has 0 aliphatic rings. The zero-order valence-electron chi connectivity index (χ0n) is 5.13. The summed E-state index contributed by atoms with van der Waals surface area (Å²) in [6.07, 6.45) is 0. The summed E-state index contributed by atoms with van der Waals surface area (Å²) in [5.74, 6) is 0. The summed E-state index contributed by atoms with van der Waals surface area (Å²) in [6, 6.07) is 0. The van der Waals surface area contributed by atoms with Gasteiger partial charge in [-0.25, -0.2) is 0 Å². The van der Waals surface area contributed by atoms with E-state index in [1.165, 1.54) is 0 Å². The van der Waals surface area contributed by atoms with Crippen molar-refractivity contribution in [3.8, 4) is 0 Å². The maximum Gasteiger partial charge on any atom is 0.394 e. The van der Waals surface area contributed by atoms with Gasteiger partial charge in [0.2, 0.25) is 0 Å². The van der Waals surface area contributed by atoms with Crippen molar-refractivity contribution in [2.24, 2.45) is 0 Å². The molecule has 0 aliphatic carbocycles. The second-order valence-corrected chi connectivity index (χ2v) is 1.79. The minimum absolute atomic E-state index is 0. The molecular formula is C2H11NO6S. The molecule has 0 atom stereocenters. The van der Waals surface area contributed by atoms with Crippen LogP contribution in [0.3, 0.4) is 0 Å². The van der Waals surface area contributed by atoms with Gasteiger partial charge in [-0.1, -0.05) is 0 Å². The number of aliphatic hydroxyl groups excluding tert-OH is 2. The van der Waals surface area contributed by atoms with Crippen LogP contribution >= 0.6 is 0 Å². The molecule has 0 saturated heterocycles. The van der Waals surface area contributed by atoms with Crippen LogP contribution in [-0.2, 0) is 10.4 Å². The highest BCUT2D eigenvalue weighted by Crippen LogP contribution is 1.59. The van der Waals surface area contributed by atoms with Crippen molar-refractivity contribution < 1.29 is 27.7 Å². The van der Waals surface area contributed by atoms with Crippen LogP contribution in [0.4, 0.5) is 0 Å². The summed E-state index contributed by atoms with van der Waals surface area (Å²) in [6.45, 7) is -0.250. The summed E-state index contributed by atoms with van der Waals surface area (Å²) in [4.78, 5) is 0. The van der Waals surface area contributed by atoms with Crippen molar-refractivity contribution >= 4 is 10.4 Å². The van der Waals surface area contributed by atoms with Gasteiger partial charge >= 0.3 is 10.4 Å². The first-order valence-corrected chi connectivity index (χ1v) is 3.23. The lowest BCUT2D eigenvalue weighted by atomic mass is 10.8. The summed E-state index contributed by atoms with van der Waals surface area (Å²) in [5, 5.41) is 15.2. The minimum Gasteiger partial charge on any atom is -0.394 e. The third-order valence-corrected chi connectivity index (χ3v) is 0.1000. The van der Waals surface area contributed by atoms with E-state index in [4.69, 9.17) is 27.7 Å². The van der Waals surface area contributed by atoms with Crippen LogP contribution < -0.4 is 6.15 Å². The van der Waals surface area contributed by atoms with Gasteiger partial charge in [0, 0.05) is 0 Å². The number of hydrogen-bond donors (Lipinski definition) is 5. The van der Waals surface area contributed by atoms with Crippen LogP contribution in [0.5, 0.6) is 0 Å². The Kier molecular flexibility index (Phi) is 14.3. The first-order chi connectivity index (χ1) is 3.91. The Labute approximate surface area is 58.5 Å². The lowest BCUT2D eigenvalue weighted by Crippen LogP contribution is -1.89. The van der Waals surface area contributed by atoms with Gasteiger partial charge in [-0.3, -0.25) is 9.11 Å². The molecule has 8 heteroatoms. The maximum atomic E-state index is 8.74. The molecule has 7 N–H and O–H groups in total. The fraction of sp³-hybridized carbons (Fsp3) is 1.00. The molecule has 0 spiro atoms. The van der Waals surface area contributed by atoms with Gasteiger partial charge < -0.3 is 16.4 Å². The molecule has 0 heterocycles. The zero-order chi connectivity index (χ0) is 7.91. The zero-order valence-corrected chi connectivity index (χ0v) is 5.95. The normalized spacial score (nSPS) is 8.80. The molecule has 7 nitrogen and oxygen atoms in total. The van der Waals surface area contributed by atoms with E-state index in [-0.39, 0.29) is 19.4 Å². The molecule has 0 aromatic carbocycles. The molecule has 0 saturated carbocycles. The van der Waals surface area contributed by atoms with Crippen molar-refractivity contribution in [2.45, 2.75) is 0 Å². The molecule has 0 aromatic heterocycles. The second-order valence-electron chi connectivity index (χ2n) is 0.895. The van der Waals surface area contributed by atoms with E-state index in [0.717, 1.165) is 0 Å². The van der Waals surface area contributed by atoms with Gasteiger partial charge in [-0.15, -0.1) is 0 Å². The van der Waals surface area contributed by atoms with Crippen molar-refractivity contribution in [1.29, 1.82) is 0 Å². The van der Waals surface area contributed by atoms with Crippen molar-refractivity contribution in [3.05, 3.63) is 0 Å². The van der Waals surface area contributed by atoms with Crippen LogP contribution in [0.1, 0.15) is 0 Å². The summed E-state index contributed by atoms with van der Waals surface area (Å²) in [5.41, 5.74) is 0. The first-order valence-electron chi connectivity index (χ1n) is 1.83. The molecule has 0 radical (unpaired) electrons. The Morgan fingerprint density at radius 3 is 1.10 bits per heavy atom. The average molecular weight is 177 g/mol. The predicted octanol–water partition coefficient (Wildman–Crippen LogP) is -1.52. The highest BCUT2D eigenvalue weighted by atomic mass is 32.3. The van der Waals surface area contributed by atoms with Crippen molar-refractivity contribution in [2.75, 3.05) is 13.2 Å². The molecule has 0 rings (SSSR count). The fourth-order valence-electron chi connectivity index (χ4n) is 0. The summed E-state index contributed by atoms with van der Waals surface area (Å²) >= 11 is 0. The summed E-state index contributed by atoms with van der Waals surface area (Å²) in [7, 11) is -4.67. The standard InChI is InChI=1S/C2H6O2.H3N.H2O4S/c3-1-2-4;;1-5(2,3)4/h3-4H,1-2H2;1H3;(H2,1,2,3,4). The molecule has 0 fully saturated rings. The van der Waals surface area contributed by atoms with Gasteiger partial charge in [-0.2, -0.15) is 8.42 Å². The Hall–Kier alpha value is -0.250. The number of rotatable bonds is 1. The van der Waals surface area contributed by atoms with Crippen LogP contribution in [0, 0.1) is 0 Å². The van der Waals surface area contributed by atoms with E-state index in [0.29, 0.717) is 0 Å².